The Morgan fingerprint density at radius 1 is 1.56 bits per heavy atom. The maximum atomic E-state index is 11.3. The number of nitrogens with two attached hydrogens (primary N) is 1. The van der Waals surface area contributed by atoms with Crippen LogP contribution in [0.3, 0.4) is 0 Å². The minimum atomic E-state index is -0.763. The van der Waals surface area contributed by atoms with Gasteiger partial charge in [-0.1, -0.05) is 13.8 Å². The second-order valence-electron chi connectivity index (χ2n) is 4.68. The SMILES string of the molecule is COC1(N)C=CC(OCOC(=O)CC(C)C)=CC1. The van der Waals surface area contributed by atoms with Gasteiger partial charge in [0.05, 0.1) is 0 Å². The maximum absolute atomic E-state index is 11.3. The van der Waals surface area contributed by atoms with Crippen LogP contribution in [0.4, 0.5) is 0 Å². The van der Waals surface area contributed by atoms with Gasteiger partial charge in [0.2, 0.25) is 6.79 Å². The second kappa shape index (κ2) is 6.56. The summed E-state index contributed by atoms with van der Waals surface area (Å²) in [7, 11) is 1.55. The average molecular weight is 255 g/mol. The van der Waals surface area contributed by atoms with Crippen LogP contribution in [0.2, 0.25) is 0 Å². The highest BCUT2D eigenvalue weighted by molar-refractivity contribution is 5.69. The van der Waals surface area contributed by atoms with Crippen molar-refractivity contribution in [1.82, 2.24) is 0 Å². The lowest BCUT2D eigenvalue weighted by Gasteiger charge is -2.25. The molecule has 102 valence electrons. The molecule has 0 bridgehead atoms. The van der Waals surface area contributed by atoms with E-state index in [-0.39, 0.29) is 18.7 Å². The minimum absolute atomic E-state index is 0.0771. The molecule has 2 N–H and O–H groups in total. The molecule has 1 unspecified atom stereocenters. The first kappa shape index (κ1) is 14.7. The molecule has 0 amide bonds. The maximum Gasteiger partial charge on any atom is 0.308 e. The van der Waals surface area contributed by atoms with Crippen LogP contribution < -0.4 is 5.73 Å². The van der Waals surface area contributed by atoms with Gasteiger partial charge in [0.15, 0.2) is 0 Å². The van der Waals surface area contributed by atoms with E-state index in [1.54, 1.807) is 25.3 Å². The van der Waals surface area contributed by atoms with Crippen molar-refractivity contribution in [2.75, 3.05) is 13.9 Å². The van der Waals surface area contributed by atoms with Gasteiger partial charge in [-0.2, -0.15) is 0 Å². The van der Waals surface area contributed by atoms with Gasteiger partial charge >= 0.3 is 5.97 Å². The Morgan fingerprint density at radius 2 is 2.28 bits per heavy atom. The Labute approximate surface area is 108 Å². The van der Waals surface area contributed by atoms with E-state index in [1.807, 2.05) is 13.8 Å². The summed E-state index contributed by atoms with van der Waals surface area (Å²) in [6.45, 7) is 3.84. The fourth-order valence-electron chi connectivity index (χ4n) is 1.43. The van der Waals surface area contributed by atoms with Gasteiger partial charge in [0, 0.05) is 20.0 Å². The Hall–Kier alpha value is -1.33. The smallest absolute Gasteiger partial charge is 0.308 e. The van der Waals surface area contributed by atoms with E-state index < -0.39 is 5.72 Å². The van der Waals surface area contributed by atoms with Crippen molar-refractivity contribution in [3.8, 4) is 0 Å². The van der Waals surface area contributed by atoms with Gasteiger partial charge in [0.1, 0.15) is 11.5 Å². The fourth-order valence-corrected chi connectivity index (χ4v) is 1.43. The number of allylic oxidation sites excluding steroid dienone is 1. The summed E-state index contributed by atoms with van der Waals surface area (Å²) in [6.07, 6.45) is 6.16. The van der Waals surface area contributed by atoms with Gasteiger partial charge in [-0.25, -0.2) is 0 Å². The average Bonchev–Trinajstić information content (AvgIpc) is 2.31. The molecule has 0 saturated carbocycles. The number of esters is 1. The summed E-state index contributed by atoms with van der Waals surface area (Å²) in [5.41, 5.74) is 5.10. The fraction of sp³-hybridized carbons (Fsp3) is 0.615. The van der Waals surface area contributed by atoms with Crippen molar-refractivity contribution in [3.05, 3.63) is 24.0 Å². The van der Waals surface area contributed by atoms with Crippen molar-refractivity contribution >= 4 is 5.97 Å². The van der Waals surface area contributed by atoms with E-state index in [4.69, 9.17) is 19.9 Å². The molecule has 0 aromatic heterocycles. The van der Waals surface area contributed by atoms with E-state index >= 15 is 0 Å². The number of hydrogen-bond donors (Lipinski definition) is 1. The molecule has 18 heavy (non-hydrogen) atoms. The van der Waals surface area contributed by atoms with Crippen molar-refractivity contribution in [1.29, 1.82) is 0 Å². The largest absolute Gasteiger partial charge is 0.458 e. The molecule has 0 heterocycles. The molecular formula is C13H21NO4. The molecule has 5 nitrogen and oxygen atoms in total. The molecule has 5 heteroatoms. The number of carbonyl (C=O) groups is 1. The molecule has 1 aliphatic rings. The van der Waals surface area contributed by atoms with E-state index in [2.05, 4.69) is 0 Å². The molecule has 0 spiro atoms. The van der Waals surface area contributed by atoms with E-state index in [0.29, 0.717) is 18.6 Å². The molecule has 1 rings (SSSR count). The third-order valence-corrected chi connectivity index (χ3v) is 2.55. The van der Waals surface area contributed by atoms with Crippen LogP contribution >= 0.6 is 0 Å². The first-order valence-corrected chi connectivity index (χ1v) is 5.97. The van der Waals surface area contributed by atoms with Crippen molar-refractivity contribution in [2.45, 2.75) is 32.4 Å². The lowest BCUT2D eigenvalue weighted by molar-refractivity contribution is -0.153. The molecule has 0 aliphatic heterocycles. The van der Waals surface area contributed by atoms with Crippen LogP contribution in [-0.4, -0.2) is 25.6 Å². The Morgan fingerprint density at radius 3 is 2.78 bits per heavy atom. The highest BCUT2D eigenvalue weighted by atomic mass is 16.7. The van der Waals surface area contributed by atoms with Crippen LogP contribution in [0.15, 0.2) is 24.0 Å². The standard InChI is InChI=1S/C13H21NO4/c1-10(2)8-12(15)18-9-17-11-4-6-13(14,16-3)7-5-11/h4-6,10H,7-9,14H2,1-3H3. The molecule has 1 aliphatic carbocycles. The highest BCUT2D eigenvalue weighted by Crippen LogP contribution is 2.19. The number of ether oxygens (including phenoxy) is 3. The summed E-state index contributed by atoms with van der Waals surface area (Å²) in [4.78, 5) is 11.3. The Bertz CT molecular complexity index is 349. The molecule has 0 fully saturated rings. The summed E-state index contributed by atoms with van der Waals surface area (Å²) in [5, 5.41) is 0. The third-order valence-electron chi connectivity index (χ3n) is 2.55. The van der Waals surface area contributed by atoms with Gasteiger partial charge < -0.3 is 14.2 Å². The Balaban J connectivity index is 2.26. The van der Waals surface area contributed by atoms with Crippen LogP contribution in [0, 0.1) is 5.92 Å². The zero-order valence-corrected chi connectivity index (χ0v) is 11.1. The van der Waals surface area contributed by atoms with Gasteiger partial charge in [-0.05, 0) is 24.1 Å². The molecule has 0 radical (unpaired) electrons. The third kappa shape index (κ3) is 4.89. The zero-order valence-electron chi connectivity index (χ0n) is 11.1. The van der Waals surface area contributed by atoms with E-state index in [0.717, 1.165) is 0 Å². The van der Waals surface area contributed by atoms with Gasteiger partial charge in [0.25, 0.3) is 0 Å². The Kier molecular flexibility index (Phi) is 5.37. The second-order valence-corrected chi connectivity index (χ2v) is 4.68. The van der Waals surface area contributed by atoms with Crippen molar-refractivity contribution < 1.29 is 19.0 Å². The minimum Gasteiger partial charge on any atom is -0.458 e. The van der Waals surface area contributed by atoms with Crippen LogP contribution in [-0.2, 0) is 19.0 Å². The highest BCUT2D eigenvalue weighted by Gasteiger charge is 2.22. The van der Waals surface area contributed by atoms with E-state index in [9.17, 15) is 4.79 Å². The van der Waals surface area contributed by atoms with Gasteiger partial charge in [-0.3, -0.25) is 10.5 Å². The predicted molar refractivity (Wildman–Crippen MR) is 67.3 cm³/mol. The molecule has 1 atom stereocenters. The van der Waals surface area contributed by atoms with Gasteiger partial charge in [-0.15, -0.1) is 0 Å². The number of methoxy groups -OCH3 is 1. The summed E-state index contributed by atoms with van der Waals surface area (Å²) >= 11 is 0. The monoisotopic (exact) mass is 255 g/mol. The molecule has 0 aromatic carbocycles. The zero-order chi connectivity index (χ0) is 13.6. The van der Waals surface area contributed by atoms with Crippen LogP contribution in [0.5, 0.6) is 0 Å². The van der Waals surface area contributed by atoms with Crippen LogP contribution in [0.1, 0.15) is 26.7 Å². The first-order valence-electron chi connectivity index (χ1n) is 5.97. The number of carbonyl (C=O) groups excluding carboxylic acids is 1. The number of hydrogen-bond acceptors (Lipinski definition) is 5. The van der Waals surface area contributed by atoms with E-state index in [1.165, 1.54) is 0 Å². The summed E-state index contributed by atoms with van der Waals surface area (Å²) in [5.74, 6) is 0.659. The van der Waals surface area contributed by atoms with Crippen molar-refractivity contribution in [3.63, 3.8) is 0 Å². The topological polar surface area (TPSA) is 70.8 Å². The van der Waals surface area contributed by atoms with Crippen LogP contribution in [0.25, 0.3) is 0 Å². The summed E-state index contributed by atoms with van der Waals surface area (Å²) in [6, 6.07) is 0. The lowest BCUT2D eigenvalue weighted by atomic mass is 10.1. The molecule has 0 saturated heterocycles. The first-order chi connectivity index (χ1) is 8.45. The molecular weight excluding hydrogens is 234 g/mol. The quantitative estimate of drug-likeness (QED) is 0.577. The number of rotatable bonds is 6. The lowest BCUT2D eigenvalue weighted by Crippen LogP contribution is -2.40. The summed E-state index contributed by atoms with van der Waals surface area (Å²) < 4.78 is 15.3. The predicted octanol–water partition coefficient (Wildman–Crippen LogP) is 1.69. The van der Waals surface area contributed by atoms with Crippen molar-refractivity contribution in [2.24, 2.45) is 11.7 Å². The normalized spacial score (nSPS) is 22.8. The molecule has 0 aromatic rings.